The van der Waals surface area contributed by atoms with E-state index in [1.54, 1.807) is 13.0 Å². The summed E-state index contributed by atoms with van der Waals surface area (Å²) >= 11 is -0.281. The van der Waals surface area contributed by atoms with Crippen LogP contribution in [0.2, 0.25) is 0 Å². The second-order valence-corrected chi connectivity index (χ2v) is 4.88. The van der Waals surface area contributed by atoms with Crippen LogP contribution < -0.4 is 5.32 Å². The first-order chi connectivity index (χ1) is 9.37. The minimum atomic E-state index is -4.42. The molecule has 0 unspecified atom stereocenters. The molecule has 0 aliphatic heterocycles. The maximum Gasteiger partial charge on any atom is 0.446 e. The number of thioether (sulfide) groups is 1. The largest absolute Gasteiger partial charge is 0.446 e. The molecule has 2 N–H and O–H groups in total. The molecule has 0 fully saturated rings. The van der Waals surface area contributed by atoms with Gasteiger partial charge < -0.3 is 15.3 Å². The highest BCUT2D eigenvalue weighted by Gasteiger charge is 2.30. The Bertz CT molecular complexity index is 455. The number of carbonyl (C=O) groups excluding carboxylic acids is 1. The fraction of sp³-hybridized carbons (Fsp3) is 0.417. The highest BCUT2D eigenvalue weighted by Crippen LogP contribution is 2.40. The first-order valence-corrected chi connectivity index (χ1v) is 6.70. The number of benzene rings is 1. The second kappa shape index (κ2) is 7.39. The molecule has 0 bridgehead atoms. The van der Waals surface area contributed by atoms with Gasteiger partial charge in [-0.1, -0.05) is 12.1 Å². The molecule has 112 valence electrons. The Labute approximate surface area is 119 Å². The van der Waals surface area contributed by atoms with E-state index in [-0.39, 0.29) is 35.5 Å². The van der Waals surface area contributed by atoms with Gasteiger partial charge in [0.2, 0.25) is 0 Å². The number of aliphatic hydroxyl groups excluding tert-OH is 1. The lowest BCUT2D eigenvalue weighted by molar-refractivity contribution is -0.0328. The van der Waals surface area contributed by atoms with Gasteiger partial charge >= 0.3 is 11.5 Å². The Morgan fingerprint density at radius 1 is 1.40 bits per heavy atom. The van der Waals surface area contributed by atoms with Gasteiger partial charge in [0.15, 0.2) is 0 Å². The average molecular weight is 308 g/mol. The number of hydrogen-bond acceptors (Lipinski definition) is 3. The molecule has 8 heteroatoms. The normalized spacial score (nSPS) is 11.2. The summed E-state index contributed by atoms with van der Waals surface area (Å²) in [4.78, 5) is 13.1. The van der Waals surface area contributed by atoms with E-state index in [4.69, 9.17) is 5.11 Å². The molecule has 0 aliphatic carbocycles. The van der Waals surface area contributed by atoms with Crippen molar-refractivity contribution < 1.29 is 23.1 Å². The number of likely N-dealkylation sites (N-methyl/N-ethyl adjacent to an activating group) is 1. The lowest BCUT2D eigenvalue weighted by atomic mass is 10.3. The number of para-hydroxylation sites is 1. The van der Waals surface area contributed by atoms with Crippen LogP contribution in [-0.4, -0.2) is 41.2 Å². The van der Waals surface area contributed by atoms with Crippen LogP contribution in [0.1, 0.15) is 6.92 Å². The zero-order valence-corrected chi connectivity index (χ0v) is 11.6. The first-order valence-electron chi connectivity index (χ1n) is 5.89. The average Bonchev–Trinajstić information content (AvgIpc) is 2.36. The third kappa shape index (κ3) is 5.30. The number of nitrogens with one attached hydrogen (secondary N) is 1. The van der Waals surface area contributed by atoms with E-state index in [9.17, 15) is 18.0 Å². The van der Waals surface area contributed by atoms with Gasteiger partial charge in [-0.3, -0.25) is 0 Å². The highest BCUT2D eigenvalue weighted by atomic mass is 32.2. The molecule has 0 saturated carbocycles. The maximum atomic E-state index is 12.4. The van der Waals surface area contributed by atoms with Gasteiger partial charge in [0, 0.05) is 18.0 Å². The van der Waals surface area contributed by atoms with Crippen molar-refractivity contribution in [2.75, 3.05) is 25.0 Å². The summed E-state index contributed by atoms with van der Waals surface area (Å²) in [5, 5.41) is 11.2. The predicted molar refractivity (Wildman–Crippen MR) is 71.7 cm³/mol. The number of nitrogens with zero attached hydrogens (tertiary/aromatic N) is 1. The molecule has 0 atom stereocenters. The van der Waals surface area contributed by atoms with Crippen LogP contribution in [0.25, 0.3) is 0 Å². The molecule has 2 amide bonds. The van der Waals surface area contributed by atoms with E-state index >= 15 is 0 Å². The van der Waals surface area contributed by atoms with Crippen molar-refractivity contribution in [2.45, 2.75) is 17.3 Å². The Kier molecular flexibility index (Phi) is 6.15. The first kappa shape index (κ1) is 16.6. The molecular formula is C12H15F3N2O2S. The third-order valence-corrected chi connectivity index (χ3v) is 3.20. The number of rotatable bonds is 5. The van der Waals surface area contributed by atoms with Crippen molar-refractivity contribution in [2.24, 2.45) is 0 Å². The summed E-state index contributed by atoms with van der Waals surface area (Å²) in [6, 6.07) is 5.15. The summed E-state index contributed by atoms with van der Waals surface area (Å²) in [5.41, 5.74) is -4.33. The predicted octanol–water partition coefficient (Wildman–Crippen LogP) is 3.14. The van der Waals surface area contributed by atoms with Crippen LogP contribution in [-0.2, 0) is 0 Å². The van der Waals surface area contributed by atoms with Gasteiger partial charge in [0.1, 0.15) is 0 Å². The number of amides is 2. The lowest BCUT2D eigenvalue weighted by Gasteiger charge is -2.21. The van der Waals surface area contributed by atoms with Crippen molar-refractivity contribution in [3.63, 3.8) is 0 Å². The highest BCUT2D eigenvalue weighted by molar-refractivity contribution is 8.00. The topological polar surface area (TPSA) is 52.6 Å². The number of aliphatic hydroxyl groups is 1. The van der Waals surface area contributed by atoms with Crippen molar-refractivity contribution >= 4 is 23.5 Å². The van der Waals surface area contributed by atoms with Crippen molar-refractivity contribution in [3.8, 4) is 0 Å². The van der Waals surface area contributed by atoms with Gasteiger partial charge in [0.05, 0.1) is 12.3 Å². The molecule has 0 heterocycles. The molecule has 0 aromatic heterocycles. The Morgan fingerprint density at radius 2 is 2.05 bits per heavy atom. The number of alkyl halides is 3. The van der Waals surface area contributed by atoms with Crippen molar-refractivity contribution in [1.29, 1.82) is 0 Å². The Hall–Kier alpha value is -1.41. The standard InChI is InChI=1S/C12H15F3N2O2S/c1-2-17(7-8-18)11(19)16-9-5-3-4-6-10(9)20-12(13,14)15/h3-6,18H,2,7-8H2,1H3,(H,16,19). The SMILES string of the molecule is CCN(CCO)C(=O)Nc1ccccc1SC(F)(F)F. The Balaban J connectivity index is 2.84. The molecule has 20 heavy (non-hydrogen) atoms. The Morgan fingerprint density at radius 3 is 2.60 bits per heavy atom. The number of hydrogen-bond donors (Lipinski definition) is 2. The van der Waals surface area contributed by atoms with Crippen LogP contribution in [0, 0.1) is 0 Å². The number of carbonyl (C=O) groups is 1. The molecule has 4 nitrogen and oxygen atoms in total. The van der Waals surface area contributed by atoms with E-state index in [1.165, 1.54) is 23.1 Å². The molecule has 0 aliphatic rings. The van der Waals surface area contributed by atoms with Gasteiger partial charge in [-0.25, -0.2) is 4.79 Å². The minimum Gasteiger partial charge on any atom is -0.395 e. The van der Waals surface area contributed by atoms with E-state index in [1.807, 2.05) is 0 Å². The quantitative estimate of drug-likeness (QED) is 0.822. The molecule has 1 aromatic rings. The van der Waals surface area contributed by atoms with Gasteiger partial charge in [0.25, 0.3) is 0 Å². The zero-order chi connectivity index (χ0) is 15.2. The molecule has 0 saturated heterocycles. The number of halogens is 3. The fourth-order valence-corrected chi connectivity index (χ4v) is 2.13. The van der Waals surface area contributed by atoms with Crippen LogP contribution in [0.4, 0.5) is 23.7 Å². The summed E-state index contributed by atoms with van der Waals surface area (Å²) in [7, 11) is 0. The molecule has 1 rings (SSSR count). The van der Waals surface area contributed by atoms with Crippen LogP contribution in [0.3, 0.4) is 0 Å². The second-order valence-electron chi connectivity index (χ2n) is 3.78. The van der Waals surface area contributed by atoms with E-state index in [0.29, 0.717) is 6.54 Å². The van der Waals surface area contributed by atoms with Crippen molar-refractivity contribution in [3.05, 3.63) is 24.3 Å². The van der Waals surface area contributed by atoms with Gasteiger partial charge in [-0.2, -0.15) is 13.2 Å². The van der Waals surface area contributed by atoms with E-state index in [0.717, 1.165) is 0 Å². The molecule has 1 aromatic carbocycles. The van der Waals surface area contributed by atoms with Crippen molar-refractivity contribution in [1.82, 2.24) is 4.90 Å². The van der Waals surface area contributed by atoms with Crippen LogP contribution in [0.5, 0.6) is 0 Å². The summed E-state index contributed by atoms with van der Waals surface area (Å²) in [5.74, 6) is 0. The maximum absolute atomic E-state index is 12.4. The van der Waals surface area contributed by atoms with E-state index < -0.39 is 11.5 Å². The number of urea groups is 1. The summed E-state index contributed by atoms with van der Waals surface area (Å²) in [6.07, 6.45) is 0. The monoisotopic (exact) mass is 308 g/mol. The van der Waals surface area contributed by atoms with Crippen LogP contribution in [0.15, 0.2) is 29.2 Å². The van der Waals surface area contributed by atoms with Gasteiger partial charge in [-0.15, -0.1) is 0 Å². The third-order valence-electron chi connectivity index (χ3n) is 2.39. The zero-order valence-electron chi connectivity index (χ0n) is 10.8. The molecular weight excluding hydrogens is 293 g/mol. The summed E-state index contributed by atoms with van der Waals surface area (Å²) < 4.78 is 37.2. The smallest absolute Gasteiger partial charge is 0.395 e. The van der Waals surface area contributed by atoms with Crippen LogP contribution >= 0.6 is 11.8 Å². The summed E-state index contributed by atoms with van der Waals surface area (Å²) in [6.45, 7) is 1.98. The minimum absolute atomic E-state index is 0.0756. The molecule has 0 spiro atoms. The lowest BCUT2D eigenvalue weighted by Crippen LogP contribution is -2.36. The fourth-order valence-electron chi connectivity index (χ4n) is 1.50. The van der Waals surface area contributed by atoms with Gasteiger partial charge in [-0.05, 0) is 30.8 Å². The molecule has 0 radical (unpaired) electrons. The number of anilines is 1. The van der Waals surface area contributed by atoms with E-state index in [2.05, 4.69) is 5.32 Å².